The first-order valence-corrected chi connectivity index (χ1v) is 7.02. The highest BCUT2D eigenvalue weighted by molar-refractivity contribution is 14.0. The van der Waals surface area contributed by atoms with Gasteiger partial charge in [0.15, 0.2) is 5.96 Å². The Morgan fingerprint density at radius 3 is 2.35 bits per heavy atom. The van der Waals surface area contributed by atoms with E-state index < -0.39 is 0 Å². The number of hydrogen-bond acceptors (Lipinski definition) is 1. The second-order valence-corrected chi connectivity index (χ2v) is 5.60. The lowest BCUT2D eigenvalue weighted by Gasteiger charge is -2.25. The van der Waals surface area contributed by atoms with E-state index in [4.69, 9.17) is 5.73 Å². The van der Waals surface area contributed by atoms with Crippen molar-refractivity contribution >= 4 is 29.9 Å². The average Bonchev–Trinajstić information content (AvgIpc) is 2.38. The van der Waals surface area contributed by atoms with Gasteiger partial charge in [-0.15, -0.1) is 24.0 Å². The van der Waals surface area contributed by atoms with Crippen molar-refractivity contribution in [1.82, 2.24) is 4.90 Å². The Kier molecular flexibility index (Phi) is 8.16. The molecule has 0 saturated carbocycles. The number of benzene rings is 1. The lowest BCUT2D eigenvalue weighted by molar-refractivity contribution is 0.451. The Bertz CT molecular complexity index is 437. The van der Waals surface area contributed by atoms with E-state index in [1.807, 2.05) is 0 Å². The number of halogens is 1. The Morgan fingerprint density at radius 2 is 1.85 bits per heavy atom. The minimum Gasteiger partial charge on any atom is -0.370 e. The van der Waals surface area contributed by atoms with E-state index in [0.29, 0.717) is 12.5 Å². The molecule has 0 atom stereocenters. The van der Waals surface area contributed by atoms with E-state index in [1.165, 1.54) is 11.1 Å². The molecule has 2 N–H and O–H groups in total. The molecule has 1 aromatic rings. The van der Waals surface area contributed by atoms with Crippen LogP contribution >= 0.6 is 24.0 Å². The van der Waals surface area contributed by atoms with Crippen LogP contribution in [0.3, 0.4) is 0 Å². The summed E-state index contributed by atoms with van der Waals surface area (Å²) in [5, 5.41) is 0. The van der Waals surface area contributed by atoms with Crippen molar-refractivity contribution in [1.29, 1.82) is 0 Å². The molecule has 0 amide bonds. The van der Waals surface area contributed by atoms with Crippen LogP contribution in [0, 0.1) is 6.92 Å². The molecule has 0 fully saturated rings. The maximum absolute atomic E-state index is 6.03. The molecule has 0 radical (unpaired) electrons. The molecule has 0 saturated heterocycles. The van der Waals surface area contributed by atoms with Gasteiger partial charge >= 0.3 is 0 Å². The first-order valence-electron chi connectivity index (χ1n) is 7.02. The van der Waals surface area contributed by atoms with Crippen LogP contribution in [0.5, 0.6) is 0 Å². The summed E-state index contributed by atoms with van der Waals surface area (Å²) >= 11 is 0. The average molecular weight is 389 g/mol. The van der Waals surface area contributed by atoms with Crippen LogP contribution in [0.25, 0.3) is 0 Å². The van der Waals surface area contributed by atoms with Crippen molar-refractivity contribution in [3.63, 3.8) is 0 Å². The van der Waals surface area contributed by atoms with Crippen molar-refractivity contribution in [3.05, 3.63) is 35.4 Å². The van der Waals surface area contributed by atoms with Gasteiger partial charge in [-0.25, -0.2) is 0 Å². The van der Waals surface area contributed by atoms with Crippen LogP contribution < -0.4 is 5.73 Å². The van der Waals surface area contributed by atoms with Crippen LogP contribution in [0.2, 0.25) is 0 Å². The SMILES string of the molecule is CCN(CC)C(N)=NCC(C)(C)c1cccc(C)c1.I. The molecular weight excluding hydrogens is 361 g/mol. The molecule has 3 nitrogen and oxygen atoms in total. The Labute approximate surface area is 140 Å². The van der Waals surface area contributed by atoms with Crippen LogP contribution in [-0.2, 0) is 5.41 Å². The molecule has 0 aliphatic carbocycles. The second-order valence-electron chi connectivity index (χ2n) is 5.60. The summed E-state index contributed by atoms with van der Waals surface area (Å²) in [5.41, 5.74) is 8.63. The third-order valence-electron chi connectivity index (χ3n) is 3.52. The number of rotatable bonds is 5. The zero-order valence-corrected chi connectivity index (χ0v) is 15.6. The van der Waals surface area contributed by atoms with Gasteiger partial charge in [0.2, 0.25) is 0 Å². The number of aryl methyl sites for hydroxylation is 1. The highest BCUT2D eigenvalue weighted by Gasteiger charge is 2.20. The second kappa shape index (κ2) is 8.49. The van der Waals surface area contributed by atoms with Gasteiger partial charge in [-0.3, -0.25) is 4.99 Å². The van der Waals surface area contributed by atoms with Crippen LogP contribution in [0.15, 0.2) is 29.3 Å². The fourth-order valence-electron chi connectivity index (χ4n) is 2.08. The predicted octanol–water partition coefficient (Wildman–Crippen LogP) is 3.55. The number of guanidine groups is 1. The summed E-state index contributed by atoms with van der Waals surface area (Å²) in [7, 11) is 0. The molecule has 0 bridgehead atoms. The summed E-state index contributed by atoms with van der Waals surface area (Å²) in [6.07, 6.45) is 0. The topological polar surface area (TPSA) is 41.6 Å². The maximum atomic E-state index is 6.03. The summed E-state index contributed by atoms with van der Waals surface area (Å²) in [4.78, 5) is 6.64. The van der Waals surface area contributed by atoms with Gasteiger partial charge in [-0.05, 0) is 26.3 Å². The van der Waals surface area contributed by atoms with E-state index in [-0.39, 0.29) is 29.4 Å². The fraction of sp³-hybridized carbons (Fsp3) is 0.562. The molecule has 0 heterocycles. The first kappa shape index (κ1) is 19.2. The summed E-state index contributed by atoms with van der Waals surface area (Å²) in [6, 6.07) is 8.61. The fourth-order valence-corrected chi connectivity index (χ4v) is 2.08. The zero-order valence-electron chi connectivity index (χ0n) is 13.3. The molecule has 0 unspecified atom stereocenters. The van der Waals surface area contributed by atoms with Crippen molar-refractivity contribution in [3.8, 4) is 0 Å². The van der Waals surface area contributed by atoms with Gasteiger partial charge in [0, 0.05) is 18.5 Å². The van der Waals surface area contributed by atoms with E-state index in [0.717, 1.165) is 13.1 Å². The molecule has 20 heavy (non-hydrogen) atoms. The number of nitrogens with zero attached hydrogens (tertiary/aromatic N) is 2. The summed E-state index contributed by atoms with van der Waals surface area (Å²) in [6.45, 7) is 13.2. The standard InChI is InChI=1S/C16H27N3.HI/c1-6-19(7-2)15(17)18-12-16(4,5)14-10-8-9-13(3)11-14;/h8-11H,6-7,12H2,1-5H3,(H2,17,18);1H. The Morgan fingerprint density at radius 1 is 1.25 bits per heavy atom. The molecule has 0 aliphatic heterocycles. The van der Waals surface area contributed by atoms with E-state index in [9.17, 15) is 0 Å². The molecule has 114 valence electrons. The normalized spacial score (nSPS) is 11.9. The smallest absolute Gasteiger partial charge is 0.191 e. The van der Waals surface area contributed by atoms with Gasteiger partial charge in [0.05, 0.1) is 6.54 Å². The monoisotopic (exact) mass is 389 g/mol. The molecular formula is C16H28IN3. The van der Waals surface area contributed by atoms with Crippen LogP contribution in [0.1, 0.15) is 38.8 Å². The summed E-state index contributed by atoms with van der Waals surface area (Å²) < 4.78 is 0. The largest absolute Gasteiger partial charge is 0.370 e. The molecule has 0 aliphatic rings. The number of hydrogen-bond donors (Lipinski definition) is 1. The van der Waals surface area contributed by atoms with Gasteiger partial charge in [-0.2, -0.15) is 0 Å². The number of aliphatic imine (C=N–C) groups is 1. The molecule has 4 heteroatoms. The van der Waals surface area contributed by atoms with Crippen molar-refractivity contribution in [2.24, 2.45) is 10.7 Å². The van der Waals surface area contributed by atoms with Crippen molar-refractivity contribution < 1.29 is 0 Å². The molecule has 0 spiro atoms. The van der Waals surface area contributed by atoms with Gasteiger partial charge in [0.1, 0.15) is 0 Å². The molecule has 1 aromatic carbocycles. The maximum Gasteiger partial charge on any atom is 0.191 e. The quantitative estimate of drug-likeness (QED) is 0.476. The Balaban J connectivity index is 0.00000361. The lowest BCUT2D eigenvalue weighted by Crippen LogP contribution is -2.38. The summed E-state index contributed by atoms with van der Waals surface area (Å²) in [5.74, 6) is 0.644. The van der Waals surface area contributed by atoms with Gasteiger partial charge in [-0.1, -0.05) is 43.7 Å². The Hall–Kier alpha value is -0.780. The van der Waals surface area contributed by atoms with E-state index >= 15 is 0 Å². The van der Waals surface area contributed by atoms with Crippen LogP contribution in [0.4, 0.5) is 0 Å². The number of nitrogens with two attached hydrogens (primary N) is 1. The van der Waals surface area contributed by atoms with E-state index in [1.54, 1.807) is 0 Å². The first-order chi connectivity index (χ1) is 8.90. The van der Waals surface area contributed by atoms with Crippen molar-refractivity contribution in [2.75, 3.05) is 19.6 Å². The van der Waals surface area contributed by atoms with Crippen molar-refractivity contribution in [2.45, 2.75) is 40.0 Å². The third-order valence-corrected chi connectivity index (χ3v) is 3.52. The third kappa shape index (κ3) is 5.31. The van der Waals surface area contributed by atoms with Gasteiger partial charge < -0.3 is 10.6 Å². The lowest BCUT2D eigenvalue weighted by atomic mass is 9.84. The van der Waals surface area contributed by atoms with Crippen LogP contribution in [-0.4, -0.2) is 30.5 Å². The highest BCUT2D eigenvalue weighted by atomic mass is 127. The molecule has 1 rings (SSSR count). The minimum absolute atomic E-state index is 0. The van der Waals surface area contributed by atoms with E-state index in [2.05, 4.69) is 68.8 Å². The molecule has 0 aromatic heterocycles. The highest BCUT2D eigenvalue weighted by Crippen LogP contribution is 2.24. The zero-order chi connectivity index (χ0) is 14.5. The minimum atomic E-state index is 0. The van der Waals surface area contributed by atoms with Gasteiger partial charge in [0.25, 0.3) is 0 Å². The predicted molar refractivity (Wildman–Crippen MR) is 99.0 cm³/mol.